The number of nitrogens with one attached hydrogen (secondary N) is 1. The van der Waals surface area contributed by atoms with E-state index in [1.807, 2.05) is 56.1 Å². The molecule has 7 aromatic rings. The van der Waals surface area contributed by atoms with Crippen molar-refractivity contribution in [2.24, 2.45) is 5.92 Å². The molecule has 3 aromatic carbocycles. The lowest BCUT2D eigenvalue weighted by molar-refractivity contribution is -0.172. The van der Waals surface area contributed by atoms with Gasteiger partial charge in [-0.25, -0.2) is 24.2 Å². The van der Waals surface area contributed by atoms with E-state index in [9.17, 15) is 34.5 Å². The van der Waals surface area contributed by atoms with E-state index >= 15 is 0 Å². The molecule has 0 spiro atoms. The van der Waals surface area contributed by atoms with Gasteiger partial charge in [0.05, 0.1) is 46.8 Å². The van der Waals surface area contributed by atoms with Crippen LogP contribution in [0.1, 0.15) is 79.9 Å². The Bertz CT molecular complexity index is 3170. The maximum absolute atomic E-state index is 13.9. The summed E-state index contributed by atoms with van der Waals surface area (Å²) >= 11 is 0. The molecule has 0 bridgehead atoms. The van der Waals surface area contributed by atoms with Crippen LogP contribution in [0.25, 0.3) is 50.3 Å². The van der Waals surface area contributed by atoms with Crippen LogP contribution < -0.4 is 11.2 Å². The molecular formula is C48H47N7O9. The van der Waals surface area contributed by atoms with Gasteiger partial charge in [0.25, 0.3) is 5.56 Å². The molecule has 16 heteroatoms. The molecule has 10 rings (SSSR count). The number of phenolic OH excluding ortho intramolecular Hbond substituents is 3. The van der Waals surface area contributed by atoms with Gasteiger partial charge in [-0.15, -0.1) is 0 Å². The minimum Gasteiger partial charge on any atom is -0.508 e. The number of carbonyl (C=O) groups excluding carboxylic acids is 2. The van der Waals surface area contributed by atoms with Gasteiger partial charge < -0.3 is 33.9 Å². The van der Waals surface area contributed by atoms with E-state index in [1.165, 1.54) is 10.6 Å². The molecule has 3 aliphatic rings. The van der Waals surface area contributed by atoms with Crippen LogP contribution in [-0.4, -0.2) is 80.7 Å². The highest BCUT2D eigenvalue weighted by atomic mass is 16.6. The summed E-state index contributed by atoms with van der Waals surface area (Å²) in [5.41, 5.74) is 6.10. The van der Waals surface area contributed by atoms with Crippen molar-refractivity contribution in [2.45, 2.75) is 78.2 Å². The molecule has 0 radical (unpaired) electrons. The fourth-order valence-electron chi connectivity index (χ4n) is 9.78. The van der Waals surface area contributed by atoms with Gasteiger partial charge in [-0.1, -0.05) is 20.8 Å². The first-order chi connectivity index (χ1) is 30.9. The number of nitrogens with zero attached hydrogens (tertiary/aromatic N) is 6. The Morgan fingerprint density at radius 1 is 0.969 bits per heavy atom. The zero-order chi connectivity index (χ0) is 44.6. The second kappa shape index (κ2) is 15.9. The van der Waals surface area contributed by atoms with Crippen LogP contribution in [0.15, 0.2) is 76.4 Å². The summed E-state index contributed by atoms with van der Waals surface area (Å²) in [6, 6.07) is 17.4. The Morgan fingerprint density at radius 2 is 1.78 bits per heavy atom. The van der Waals surface area contributed by atoms with Crippen molar-refractivity contribution in [3.05, 3.63) is 116 Å². The smallest absolute Gasteiger partial charge is 0.352 e. The van der Waals surface area contributed by atoms with Gasteiger partial charge >= 0.3 is 17.6 Å². The average Bonchev–Trinajstić information content (AvgIpc) is 3.98. The third kappa shape index (κ3) is 6.97. The van der Waals surface area contributed by atoms with Gasteiger partial charge in [-0.05, 0) is 116 Å². The molecule has 16 nitrogen and oxygen atoms in total. The number of esters is 2. The number of aromatic amines is 1. The van der Waals surface area contributed by atoms with E-state index in [0.29, 0.717) is 71.3 Å². The summed E-state index contributed by atoms with van der Waals surface area (Å²) in [7, 11) is 0. The van der Waals surface area contributed by atoms with Gasteiger partial charge in [0.1, 0.15) is 23.9 Å². The minimum atomic E-state index is -1.37. The number of carbonyl (C=O) groups is 2. The van der Waals surface area contributed by atoms with E-state index in [4.69, 9.17) is 14.5 Å². The standard InChI is InChI=1S/C48H47N7O9/c1-4-30-32-18-29(56)6-7-37(32)49-43-35(30)22-54-39(43)20-33-36(46(54)60)24-63-47(61)44(33)64-42(59)23-52-13-9-26(10-14-52)11-15-53-16-12-27-17-28(5-8-38(27)53)55-45(50-51-48(55)62)34-19-31(25(2)3)40(57)21-41(34)58/h5-8,12,16-21,25-26,44,56-58H,4,9-11,13-15,22-24H2,1-3H3,(H,51,62). The van der Waals surface area contributed by atoms with Crippen molar-refractivity contribution in [1.29, 1.82) is 0 Å². The predicted octanol–water partition coefficient (Wildman–Crippen LogP) is 6.17. The fraction of sp³-hybridized carbons (Fsp3) is 0.333. The number of hydrogen-bond donors (Lipinski definition) is 4. The van der Waals surface area contributed by atoms with Crippen LogP contribution in [0, 0.1) is 5.92 Å². The lowest BCUT2D eigenvalue weighted by Gasteiger charge is -2.32. The fourth-order valence-corrected chi connectivity index (χ4v) is 9.78. The van der Waals surface area contributed by atoms with Gasteiger partial charge in [0.2, 0.25) is 6.10 Å². The van der Waals surface area contributed by atoms with Crippen LogP contribution in [0.4, 0.5) is 0 Å². The number of benzene rings is 3. The lowest BCUT2D eigenvalue weighted by atomic mass is 9.93. The molecule has 4 N–H and O–H groups in total. The van der Waals surface area contributed by atoms with E-state index < -0.39 is 23.7 Å². The number of phenols is 3. The Balaban J connectivity index is 0.782. The molecule has 0 saturated carbocycles. The molecule has 0 aliphatic carbocycles. The maximum Gasteiger partial charge on any atom is 0.352 e. The first-order valence-electron chi connectivity index (χ1n) is 21.7. The molecule has 64 heavy (non-hydrogen) atoms. The highest BCUT2D eigenvalue weighted by Gasteiger charge is 2.38. The number of fused-ring (bicyclic) bond motifs is 6. The zero-order valence-corrected chi connectivity index (χ0v) is 35.6. The van der Waals surface area contributed by atoms with Crippen molar-refractivity contribution < 1.29 is 34.4 Å². The summed E-state index contributed by atoms with van der Waals surface area (Å²) in [4.78, 5) is 60.4. The molecule has 1 saturated heterocycles. The Kier molecular flexibility index (Phi) is 10.1. The Labute approximate surface area is 365 Å². The number of aromatic hydroxyl groups is 3. The quantitative estimate of drug-likeness (QED) is 0.114. The molecule has 328 valence electrons. The summed E-state index contributed by atoms with van der Waals surface area (Å²) in [5, 5.41) is 39.8. The third-order valence-electron chi connectivity index (χ3n) is 13.2. The molecule has 0 amide bonds. The molecule has 7 heterocycles. The predicted molar refractivity (Wildman–Crippen MR) is 237 cm³/mol. The van der Waals surface area contributed by atoms with Crippen molar-refractivity contribution in [3.63, 3.8) is 0 Å². The molecule has 1 fully saturated rings. The molecule has 1 unspecified atom stereocenters. The van der Waals surface area contributed by atoms with Crippen molar-refractivity contribution in [1.82, 2.24) is 33.8 Å². The highest BCUT2D eigenvalue weighted by Crippen LogP contribution is 2.40. The van der Waals surface area contributed by atoms with E-state index in [-0.39, 0.29) is 53.3 Å². The maximum atomic E-state index is 13.9. The van der Waals surface area contributed by atoms with Crippen molar-refractivity contribution in [2.75, 3.05) is 19.6 Å². The molecule has 3 aliphatic heterocycles. The number of H-pyrrole nitrogens is 1. The van der Waals surface area contributed by atoms with Gasteiger partial charge in [0, 0.05) is 46.2 Å². The minimum absolute atomic E-state index is 0.00384. The number of aromatic nitrogens is 6. The second-order valence-corrected chi connectivity index (χ2v) is 17.3. The summed E-state index contributed by atoms with van der Waals surface area (Å²) in [5.74, 6) is -0.735. The molecule has 4 aromatic heterocycles. The number of ether oxygens (including phenoxy) is 2. The number of likely N-dealkylation sites (tertiary alicyclic amines) is 1. The molecular weight excluding hydrogens is 819 g/mol. The van der Waals surface area contributed by atoms with Crippen LogP contribution >= 0.6 is 0 Å². The van der Waals surface area contributed by atoms with Crippen LogP contribution in [-0.2, 0) is 45.2 Å². The van der Waals surface area contributed by atoms with E-state index in [2.05, 4.69) is 14.8 Å². The average molecular weight is 866 g/mol. The number of pyridine rings is 2. The normalized spacial score (nSPS) is 16.3. The highest BCUT2D eigenvalue weighted by molar-refractivity contribution is 5.90. The van der Waals surface area contributed by atoms with Gasteiger partial charge in [0.15, 0.2) is 5.82 Å². The topological polar surface area (TPSA) is 207 Å². The number of cyclic esters (lactones) is 1. The van der Waals surface area contributed by atoms with Crippen LogP contribution in [0.5, 0.6) is 17.2 Å². The second-order valence-electron chi connectivity index (χ2n) is 17.3. The lowest BCUT2D eigenvalue weighted by Crippen LogP contribution is -2.40. The monoisotopic (exact) mass is 865 g/mol. The Morgan fingerprint density at radius 3 is 2.56 bits per heavy atom. The number of aryl methyl sites for hydroxylation is 2. The first kappa shape index (κ1) is 40.8. The third-order valence-corrected chi connectivity index (χ3v) is 13.2. The van der Waals surface area contributed by atoms with Crippen molar-refractivity contribution in [3.8, 4) is 45.7 Å². The number of piperidine rings is 1. The van der Waals surface area contributed by atoms with Crippen LogP contribution in [0.2, 0.25) is 0 Å². The largest absolute Gasteiger partial charge is 0.508 e. The summed E-state index contributed by atoms with van der Waals surface area (Å²) in [6.45, 7) is 8.10. The van der Waals surface area contributed by atoms with E-state index in [0.717, 1.165) is 53.2 Å². The molecule has 1 atom stereocenters. The van der Waals surface area contributed by atoms with E-state index in [1.54, 1.807) is 34.9 Å². The summed E-state index contributed by atoms with van der Waals surface area (Å²) in [6.07, 6.45) is 4.00. The number of hydrogen-bond acceptors (Lipinski definition) is 12. The summed E-state index contributed by atoms with van der Waals surface area (Å²) < 4.78 is 16.4. The number of rotatable bonds is 10. The van der Waals surface area contributed by atoms with Crippen LogP contribution in [0.3, 0.4) is 0 Å². The zero-order valence-electron chi connectivity index (χ0n) is 35.6. The Hall–Kier alpha value is -7.20. The van der Waals surface area contributed by atoms with Gasteiger partial charge in [-0.3, -0.25) is 14.5 Å². The first-order valence-corrected chi connectivity index (χ1v) is 21.7. The van der Waals surface area contributed by atoms with Gasteiger partial charge in [-0.2, -0.15) is 5.10 Å². The van der Waals surface area contributed by atoms with Crippen molar-refractivity contribution >= 4 is 33.7 Å². The SMILES string of the molecule is CCc1c2c(nc3ccc(O)cc13)-c1cc3c(c(=O)n1C2)COC(=O)C3OC(=O)CN1CCC(CCn2ccc3cc(-n4c(-c5cc(C(C)C)c(O)cc5O)n[nH]c4=O)ccc32)CC1.